The number of thioether (sulfide) groups is 1. The number of amides is 1. The summed E-state index contributed by atoms with van der Waals surface area (Å²) >= 11 is 1.01. The van der Waals surface area contributed by atoms with Gasteiger partial charge in [-0.05, 0) is 67.4 Å². The first kappa shape index (κ1) is 24.2. The number of nitrogens with zero attached hydrogens (tertiary/aromatic N) is 2. The average molecular weight is 475 g/mol. The summed E-state index contributed by atoms with van der Waals surface area (Å²) < 4.78 is 78.3. The van der Waals surface area contributed by atoms with Gasteiger partial charge in [0.1, 0.15) is 12.4 Å². The van der Waals surface area contributed by atoms with Gasteiger partial charge < -0.3 is 5.32 Å². The van der Waals surface area contributed by atoms with E-state index in [2.05, 4.69) is 16.2 Å². The van der Waals surface area contributed by atoms with Gasteiger partial charge in [-0.1, -0.05) is 12.0 Å². The van der Waals surface area contributed by atoms with Gasteiger partial charge in [0.25, 0.3) is 5.24 Å². The molecular weight excluding hydrogens is 456 g/mol. The summed E-state index contributed by atoms with van der Waals surface area (Å²) in [7, 11) is 0. The summed E-state index contributed by atoms with van der Waals surface area (Å²) in [5.41, 5.74) is -2.65. The maximum absolute atomic E-state index is 13.1. The Kier molecular flexibility index (Phi) is 7.25. The van der Waals surface area contributed by atoms with Crippen molar-refractivity contribution in [3.05, 3.63) is 45.9 Å². The van der Waals surface area contributed by atoms with Crippen LogP contribution >= 0.6 is 11.8 Å². The van der Waals surface area contributed by atoms with Crippen molar-refractivity contribution < 1.29 is 31.1 Å². The standard InChI is InChI=1S/C21H19F6N3OS/c1-2-5-28-18-17(32-19(31)29-18)10-13-3-6-30(7-4-13)12-14-8-15(20(22,23)24)11-16(9-14)21(25,26)27/h1,8-11,13H,3-7,12H2,(H,28,29,31). The van der Waals surface area contributed by atoms with Crippen LogP contribution in [0.5, 0.6) is 0 Å². The molecule has 2 saturated heterocycles. The van der Waals surface area contributed by atoms with E-state index in [1.54, 1.807) is 0 Å². The van der Waals surface area contributed by atoms with Gasteiger partial charge in [0.05, 0.1) is 16.0 Å². The Morgan fingerprint density at radius 2 is 1.72 bits per heavy atom. The highest BCUT2D eigenvalue weighted by Gasteiger charge is 2.37. The van der Waals surface area contributed by atoms with Crippen LogP contribution in [-0.2, 0) is 18.9 Å². The summed E-state index contributed by atoms with van der Waals surface area (Å²) in [4.78, 5) is 18.3. The van der Waals surface area contributed by atoms with Gasteiger partial charge in [-0.2, -0.15) is 26.3 Å². The number of piperidine rings is 1. The van der Waals surface area contributed by atoms with E-state index in [1.807, 2.05) is 11.0 Å². The first-order valence-electron chi connectivity index (χ1n) is 9.65. The van der Waals surface area contributed by atoms with Crippen molar-refractivity contribution in [2.24, 2.45) is 10.9 Å². The zero-order chi connectivity index (χ0) is 23.5. The molecule has 4 nitrogen and oxygen atoms in total. The molecule has 0 aliphatic carbocycles. The van der Waals surface area contributed by atoms with Gasteiger partial charge in [0.2, 0.25) is 0 Å². The Bertz CT molecular complexity index is 937. The summed E-state index contributed by atoms with van der Waals surface area (Å²) in [6, 6.07) is 1.67. The SMILES string of the molecule is C#CCN=C1NC(=O)SC1=CC1CCN(Cc2cc(C(F)(F)F)cc(C(F)(F)F)c2)CC1. The minimum Gasteiger partial charge on any atom is -0.300 e. The van der Waals surface area contributed by atoms with Crippen LogP contribution in [0.1, 0.15) is 29.5 Å². The predicted molar refractivity (Wildman–Crippen MR) is 110 cm³/mol. The number of rotatable bonds is 4. The van der Waals surface area contributed by atoms with Crippen LogP contribution in [0.15, 0.2) is 34.2 Å². The number of amidine groups is 1. The van der Waals surface area contributed by atoms with E-state index >= 15 is 0 Å². The minimum absolute atomic E-state index is 0.0139. The number of carbonyl (C=O) groups is 1. The summed E-state index contributed by atoms with van der Waals surface area (Å²) in [6.07, 6.45) is -1.33. The number of nitrogens with one attached hydrogen (secondary N) is 1. The zero-order valence-electron chi connectivity index (χ0n) is 16.7. The van der Waals surface area contributed by atoms with E-state index in [0.717, 1.165) is 23.9 Å². The van der Waals surface area contributed by atoms with Gasteiger partial charge >= 0.3 is 12.4 Å². The molecule has 1 aromatic carbocycles. The molecule has 2 heterocycles. The molecule has 2 fully saturated rings. The molecule has 0 radical (unpaired) electrons. The van der Waals surface area contributed by atoms with Crippen molar-refractivity contribution in [3.63, 3.8) is 0 Å². The van der Waals surface area contributed by atoms with Crippen LogP contribution in [-0.4, -0.2) is 35.6 Å². The number of aliphatic imine (C=N–C) groups is 1. The first-order valence-corrected chi connectivity index (χ1v) is 10.5. The Labute approximate surface area is 185 Å². The molecule has 11 heteroatoms. The van der Waals surface area contributed by atoms with E-state index < -0.39 is 23.5 Å². The fourth-order valence-electron chi connectivity index (χ4n) is 3.55. The van der Waals surface area contributed by atoms with Gasteiger partial charge in [-0.25, -0.2) is 0 Å². The van der Waals surface area contributed by atoms with E-state index in [-0.39, 0.29) is 35.9 Å². The van der Waals surface area contributed by atoms with Crippen LogP contribution in [0, 0.1) is 18.3 Å². The number of alkyl halides is 6. The Morgan fingerprint density at radius 3 is 2.25 bits per heavy atom. The lowest BCUT2D eigenvalue weighted by molar-refractivity contribution is -0.143. The van der Waals surface area contributed by atoms with Crippen molar-refractivity contribution >= 4 is 22.8 Å². The molecule has 32 heavy (non-hydrogen) atoms. The quantitative estimate of drug-likeness (QED) is 0.474. The van der Waals surface area contributed by atoms with Crippen molar-refractivity contribution in [2.75, 3.05) is 19.6 Å². The van der Waals surface area contributed by atoms with Crippen molar-refractivity contribution in [3.8, 4) is 12.3 Å². The number of benzene rings is 1. The molecule has 2 aliphatic rings. The Balaban J connectivity index is 1.68. The third-order valence-corrected chi connectivity index (χ3v) is 5.89. The molecule has 172 valence electrons. The number of allylic oxidation sites excluding steroid dienone is 1. The van der Waals surface area contributed by atoms with Crippen molar-refractivity contribution in [2.45, 2.75) is 31.7 Å². The Morgan fingerprint density at radius 1 is 1.12 bits per heavy atom. The highest BCUT2D eigenvalue weighted by Crippen LogP contribution is 2.37. The molecule has 3 rings (SSSR count). The molecule has 0 atom stereocenters. The fourth-order valence-corrected chi connectivity index (χ4v) is 4.37. The second kappa shape index (κ2) is 9.58. The molecule has 0 spiro atoms. The third-order valence-electron chi connectivity index (χ3n) is 5.06. The first-order chi connectivity index (χ1) is 15.0. The van der Waals surface area contributed by atoms with Gasteiger partial charge in [0, 0.05) is 6.54 Å². The number of hydrogen-bond donors (Lipinski definition) is 1. The lowest BCUT2D eigenvalue weighted by atomic mass is 9.95. The van der Waals surface area contributed by atoms with E-state index in [1.165, 1.54) is 0 Å². The van der Waals surface area contributed by atoms with Crippen LogP contribution in [0.2, 0.25) is 0 Å². The number of hydrogen-bond acceptors (Lipinski definition) is 4. The molecule has 2 aliphatic heterocycles. The molecule has 1 N–H and O–H groups in total. The minimum atomic E-state index is -4.86. The predicted octanol–water partition coefficient (Wildman–Crippen LogP) is 5.31. The molecule has 0 bridgehead atoms. The summed E-state index contributed by atoms with van der Waals surface area (Å²) in [6.45, 7) is 1.10. The molecule has 0 aromatic heterocycles. The second-order valence-electron chi connectivity index (χ2n) is 7.44. The van der Waals surface area contributed by atoms with Gasteiger partial charge in [-0.15, -0.1) is 6.42 Å². The third kappa shape index (κ3) is 6.29. The van der Waals surface area contributed by atoms with E-state index in [9.17, 15) is 31.1 Å². The molecule has 1 amide bonds. The maximum atomic E-state index is 13.1. The number of terminal acetylenes is 1. The van der Waals surface area contributed by atoms with E-state index in [0.29, 0.717) is 36.7 Å². The van der Waals surface area contributed by atoms with Crippen LogP contribution < -0.4 is 5.32 Å². The van der Waals surface area contributed by atoms with Crippen molar-refractivity contribution in [1.29, 1.82) is 0 Å². The van der Waals surface area contributed by atoms with E-state index in [4.69, 9.17) is 6.42 Å². The largest absolute Gasteiger partial charge is 0.416 e. The van der Waals surface area contributed by atoms with Gasteiger partial charge in [-0.3, -0.25) is 14.7 Å². The molecule has 0 saturated carbocycles. The van der Waals surface area contributed by atoms with Crippen LogP contribution in [0.3, 0.4) is 0 Å². The van der Waals surface area contributed by atoms with Crippen molar-refractivity contribution in [1.82, 2.24) is 10.2 Å². The molecule has 0 unspecified atom stereocenters. The fraction of sp³-hybridized carbons (Fsp3) is 0.429. The second-order valence-corrected chi connectivity index (χ2v) is 8.46. The topological polar surface area (TPSA) is 44.7 Å². The van der Waals surface area contributed by atoms with Crippen LogP contribution in [0.4, 0.5) is 31.1 Å². The smallest absolute Gasteiger partial charge is 0.300 e. The lowest BCUT2D eigenvalue weighted by Gasteiger charge is -2.31. The molecule has 1 aromatic rings. The number of halogens is 6. The number of carbonyl (C=O) groups excluding carboxylic acids is 1. The number of likely N-dealkylation sites (tertiary alicyclic amines) is 1. The Hall–Kier alpha value is -2.45. The summed E-state index contributed by atoms with van der Waals surface area (Å²) in [5, 5.41) is 2.37. The highest BCUT2D eigenvalue weighted by molar-refractivity contribution is 8.18. The normalized spacial score (nSPS) is 21.2. The molecular formula is C21H19F6N3OS. The average Bonchev–Trinajstić information content (AvgIpc) is 3.05. The lowest BCUT2D eigenvalue weighted by Crippen LogP contribution is -2.33. The summed E-state index contributed by atoms with van der Waals surface area (Å²) in [5.74, 6) is 2.89. The zero-order valence-corrected chi connectivity index (χ0v) is 17.5. The van der Waals surface area contributed by atoms with Gasteiger partial charge in [0.15, 0.2) is 0 Å². The monoisotopic (exact) mass is 475 g/mol. The van der Waals surface area contributed by atoms with Crippen LogP contribution in [0.25, 0.3) is 0 Å². The maximum Gasteiger partial charge on any atom is 0.416 e. The highest BCUT2D eigenvalue weighted by atomic mass is 32.2.